The Hall–Kier alpha value is -3.01. The summed E-state index contributed by atoms with van der Waals surface area (Å²) in [5, 5.41) is 12.0. The first kappa shape index (κ1) is 19.3. The van der Waals surface area contributed by atoms with Crippen LogP contribution in [0.1, 0.15) is 12.5 Å². The molecule has 1 saturated heterocycles. The maximum Gasteiger partial charge on any atom is 0.409 e. The summed E-state index contributed by atoms with van der Waals surface area (Å²) in [6.07, 6.45) is 1.96. The first-order valence-corrected chi connectivity index (χ1v) is 8.73. The maximum absolute atomic E-state index is 12.2. The van der Waals surface area contributed by atoms with E-state index in [1.165, 1.54) is 0 Å². The van der Waals surface area contributed by atoms with E-state index in [1.54, 1.807) is 18.0 Å². The van der Waals surface area contributed by atoms with E-state index in [4.69, 9.17) is 4.74 Å². The van der Waals surface area contributed by atoms with Crippen LogP contribution in [0.3, 0.4) is 0 Å². The molecule has 1 aliphatic heterocycles. The summed E-state index contributed by atoms with van der Waals surface area (Å²) in [4.78, 5) is 27.4. The van der Waals surface area contributed by atoms with Gasteiger partial charge in [0.15, 0.2) is 0 Å². The minimum absolute atomic E-state index is 0.0719. The zero-order chi connectivity index (χ0) is 18.8. The quantitative estimate of drug-likeness (QED) is 0.617. The number of amides is 2. The summed E-state index contributed by atoms with van der Waals surface area (Å²) < 4.78 is 4.97. The molecule has 1 aromatic rings. The number of rotatable bonds is 6. The van der Waals surface area contributed by atoms with Crippen LogP contribution in [0.5, 0.6) is 0 Å². The van der Waals surface area contributed by atoms with Crippen LogP contribution in [0, 0.1) is 11.3 Å². The lowest BCUT2D eigenvalue weighted by Gasteiger charge is -2.33. The normalized spacial score (nSPS) is 14.5. The summed E-state index contributed by atoms with van der Waals surface area (Å²) in [7, 11) is 0. The highest BCUT2D eigenvalue weighted by Crippen LogP contribution is 2.07. The van der Waals surface area contributed by atoms with Gasteiger partial charge in [0.05, 0.1) is 6.61 Å². The summed E-state index contributed by atoms with van der Waals surface area (Å²) in [5.41, 5.74) is 1.20. The van der Waals surface area contributed by atoms with Gasteiger partial charge in [0.2, 0.25) is 0 Å². The molecule has 0 radical (unpaired) electrons. The number of benzene rings is 1. The minimum Gasteiger partial charge on any atom is -0.450 e. The Bertz CT molecular complexity index is 674. The molecule has 7 nitrogen and oxygen atoms in total. The molecule has 26 heavy (non-hydrogen) atoms. The van der Waals surface area contributed by atoms with Gasteiger partial charge in [0.1, 0.15) is 11.6 Å². The van der Waals surface area contributed by atoms with Crippen molar-refractivity contribution < 1.29 is 14.3 Å². The highest BCUT2D eigenvalue weighted by Gasteiger charge is 2.21. The molecular weight excluding hydrogens is 332 g/mol. The zero-order valence-corrected chi connectivity index (χ0v) is 15.0. The number of piperazine rings is 1. The van der Waals surface area contributed by atoms with E-state index in [2.05, 4.69) is 5.32 Å². The first-order chi connectivity index (χ1) is 12.6. The predicted molar refractivity (Wildman–Crippen MR) is 97.0 cm³/mol. The maximum atomic E-state index is 12.2. The lowest BCUT2D eigenvalue weighted by Crippen LogP contribution is -2.47. The molecule has 1 fully saturated rings. The topological polar surface area (TPSA) is 85.7 Å². The minimum atomic E-state index is -0.378. The Balaban J connectivity index is 1.81. The number of nitrogens with one attached hydrogen (secondary N) is 1. The van der Waals surface area contributed by atoms with Crippen LogP contribution in [0.15, 0.2) is 42.1 Å². The van der Waals surface area contributed by atoms with Gasteiger partial charge in [-0.15, -0.1) is 0 Å². The summed E-state index contributed by atoms with van der Waals surface area (Å²) >= 11 is 0. The third-order valence-electron chi connectivity index (χ3n) is 4.06. The molecule has 7 heteroatoms. The predicted octanol–water partition coefficient (Wildman–Crippen LogP) is 1.53. The fraction of sp³-hybridized carbons (Fsp3) is 0.421. The highest BCUT2D eigenvalue weighted by atomic mass is 16.6. The van der Waals surface area contributed by atoms with Crippen molar-refractivity contribution in [1.29, 1.82) is 5.26 Å². The fourth-order valence-corrected chi connectivity index (χ4v) is 2.63. The number of ether oxygens (including phenoxy) is 1. The van der Waals surface area contributed by atoms with Crippen molar-refractivity contribution in [3.8, 4) is 6.07 Å². The average Bonchev–Trinajstić information content (AvgIpc) is 2.67. The summed E-state index contributed by atoms with van der Waals surface area (Å²) in [6, 6.07) is 11.8. The van der Waals surface area contributed by atoms with Gasteiger partial charge >= 0.3 is 6.09 Å². The molecule has 0 bridgehead atoms. The van der Waals surface area contributed by atoms with Crippen molar-refractivity contribution in [1.82, 2.24) is 15.1 Å². The van der Waals surface area contributed by atoms with Crippen LogP contribution in [-0.2, 0) is 16.0 Å². The van der Waals surface area contributed by atoms with Gasteiger partial charge in [0, 0.05) is 38.9 Å². The van der Waals surface area contributed by atoms with Gasteiger partial charge in [-0.3, -0.25) is 4.79 Å². The van der Waals surface area contributed by atoms with Gasteiger partial charge in [-0.1, -0.05) is 30.3 Å². The summed E-state index contributed by atoms with van der Waals surface area (Å²) in [6.45, 7) is 4.71. The molecule has 2 amide bonds. The second-order valence-corrected chi connectivity index (χ2v) is 5.87. The van der Waals surface area contributed by atoms with Crippen LogP contribution in [-0.4, -0.2) is 61.1 Å². The zero-order valence-electron chi connectivity index (χ0n) is 15.0. The van der Waals surface area contributed by atoms with Crippen molar-refractivity contribution >= 4 is 12.0 Å². The third kappa shape index (κ3) is 5.81. The Morgan fingerprint density at radius 2 is 1.92 bits per heavy atom. The van der Waals surface area contributed by atoms with Gasteiger partial charge in [-0.25, -0.2) is 4.79 Å². The molecule has 0 aromatic heterocycles. The second kappa shape index (κ2) is 10.1. The molecule has 0 aliphatic carbocycles. The molecular formula is C19H24N4O3. The molecule has 1 heterocycles. The lowest BCUT2D eigenvalue weighted by atomic mass is 10.1. The van der Waals surface area contributed by atoms with E-state index in [0.717, 1.165) is 5.56 Å². The van der Waals surface area contributed by atoms with E-state index in [-0.39, 0.29) is 17.6 Å². The average molecular weight is 356 g/mol. The van der Waals surface area contributed by atoms with Crippen molar-refractivity contribution in [2.75, 3.05) is 39.3 Å². The molecule has 0 saturated carbocycles. The molecule has 0 atom stereocenters. The van der Waals surface area contributed by atoms with Crippen molar-refractivity contribution in [2.45, 2.75) is 13.3 Å². The lowest BCUT2D eigenvalue weighted by molar-refractivity contribution is -0.117. The van der Waals surface area contributed by atoms with Gasteiger partial charge in [0.25, 0.3) is 5.91 Å². The third-order valence-corrected chi connectivity index (χ3v) is 4.06. The van der Waals surface area contributed by atoms with Crippen LogP contribution < -0.4 is 5.32 Å². The highest BCUT2D eigenvalue weighted by molar-refractivity contribution is 5.97. The van der Waals surface area contributed by atoms with Gasteiger partial charge < -0.3 is 19.9 Å². The SMILES string of the molecule is CCOC(=O)N1CCN(/C=C(\C#N)C(=O)NCCc2ccccc2)CC1. The molecule has 0 spiro atoms. The molecule has 138 valence electrons. The summed E-state index contributed by atoms with van der Waals surface area (Å²) in [5.74, 6) is -0.378. The Labute approximate surface area is 153 Å². The smallest absolute Gasteiger partial charge is 0.409 e. The number of carbonyl (C=O) groups is 2. The van der Waals surface area contributed by atoms with E-state index < -0.39 is 0 Å². The number of hydrogen-bond donors (Lipinski definition) is 1. The van der Waals surface area contributed by atoms with E-state index in [9.17, 15) is 14.9 Å². The Morgan fingerprint density at radius 3 is 2.54 bits per heavy atom. The Kier molecular flexibility index (Phi) is 7.49. The second-order valence-electron chi connectivity index (χ2n) is 5.87. The van der Waals surface area contributed by atoms with E-state index in [1.807, 2.05) is 41.3 Å². The van der Waals surface area contributed by atoms with Gasteiger partial charge in [-0.05, 0) is 18.9 Å². The molecule has 1 aliphatic rings. The molecule has 1 aromatic carbocycles. The van der Waals surface area contributed by atoms with Crippen molar-refractivity contribution in [3.05, 3.63) is 47.7 Å². The molecule has 2 rings (SSSR count). The van der Waals surface area contributed by atoms with Gasteiger partial charge in [-0.2, -0.15) is 5.26 Å². The monoisotopic (exact) mass is 356 g/mol. The van der Waals surface area contributed by atoms with Crippen molar-refractivity contribution in [3.63, 3.8) is 0 Å². The standard InChI is InChI=1S/C19H24N4O3/c1-2-26-19(25)23-12-10-22(11-13-23)15-17(14-20)18(24)21-9-8-16-6-4-3-5-7-16/h3-7,15H,2,8-13H2,1H3,(H,21,24)/b17-15+. The van der Waals surface area contributed by atoms with Crippen LogP contribution in [0.2, 0.25) is 0 Å². The van der Waals surface area contributed by atoms with Crippen molar-refractivity contribution in [2.24, 2.45) is 0 Å². The van der Waals surface area contributed by atoms with Crippen LogP contribution in [0.4, 0.5) is 4.79 Å². The molecule has 1 N–H and O–H groups in total. The molecule has 0 unspecified atom stereocenters. The first-order valence-electron chi connectivity index (χ1n) is 8.73. The van der Waals surface area contributed by atoms with E-state index >= 15 is 0 Å². The fourth-order valence-electron chi connectivity index (χ4n) is 2.63. The number of hydrogen-bond acceptors (Lipinski definition) is 5. The van der Waals surface area contributed by atoms with Crippen LogP contribution >= 0.6 is 0 Å². The van der Waals surface area contributed by atoms with E-state index in [0.29, 0.717) is 45.8 Å². The number of nitriles is 1. The Morgan fingerprint density at radius 1 is 1.23 bits per heavy atom. The largest absolute Gasteiger partial charge is 0.450 e. The van der Waals surface area contributed by atoms with Crippen LogP contribution in [0.25, 0.3) is 0 Å². The number of carbonyl (C=O) groups excluding carboxylic acids is 2. The number of nitrogens with zero attached hydrogens (tertiary/aromatic N) is 3.